The highest BCUT2D eigenvalue weighted by atomic mass is 16.6. The van der Waals surface area contributed by atoms with Gasteiger partial charge in [0.1, 0.15) is 6.20 Å². The molecule has 0 bridgehead atoms. The Kier molecular flexibility index (Phi) is 3.48. The molecule has 0 aromatic carbocycles. The summed E-state index contributed by atoms with van der Waals surface area (Å²) in [7, 11) is 1.65. The Labute approximate surface area is 104 Å². The van der Waals surface area contributed by atoms with Gasteiger partial charge in [-0.3, -0.25) is 10.1 Å². The zero-order valence-electron chi connectivity index (χ0n) is 10.2. The maximum atomic E-state index is 10.9. The topological polar surface area (TPSA) is 110 Å². The van der Waals surface area contributed by atoms with Crippen LogP contribution in [0.4, 0.5) is 11.5 Å². The third-order valence-corrected chi connectivity index (χ3v) is 3.16. The van der Waals surface area contributed by atoms with Crippen molar-refractivity contribution in [2.45, 2.75) is 25.0 Å². The number of rotatable bonds is 2. The molecule has 8 nitrogen and oxygen atoms in total. The Hall–Kier alpha value is -1.67. The fourth-order valence-electron chi connectivity index (χ4n) is 2.32. The first-order valence-electron chi connectivity index (χ1n) is 5.84. The summed E-state index contributed by atoms with van der Waals surface area (Å²) in [6, 6.07) is -0.0720. The number of anilines is 1. The van der Waals surface area contributed by atoms with Crippen LogP contribution in [0.5, 0.6) is 0 Å². The molecule has 1 aromatic heterocycles. The lowest BCUT2D eigenvalue weighted by atomic mass is 10.1. The summed E-state index contributed by atoms with van der Waals surface area (Å²) in [5, 5.41) is 24.7. The molecule has 0 amide bonds. The average molecular weight is 255 g/mol. The third-order valence-electron chi connectivity index (χ3n) is 3.16. The van der Waals surface area contributed by atoms with E-state index in [0.29, 0.717) is 31.7 Å². The number of aryl methyl sites for hydroxylation is 1. The van der Waals surface area contributed by atoms with Crippen LogP contribution < -0.4 is 10.6 Å². The second-order valence-electron chi connectivity index (χ2n) is 4.62. The number of nitrogens with two attached hydrogens (primary N) is 1. The summed E-state index contributed by atoms with van der Waals surface area (Å²) < 4.78 is 1.46. The zero-order chi connectivity index (χ0) is 13.3. The average Bonchev–Trinajstić information content (AvgIpc) is 2.58. The molecule has 1 fully saturated rings. The van der Waals surface area contributed by atoms with Gasteiger partial charge in [-0.25, -0.2) is 4.68 Å². The Morgan fingerprint density at radius 2 is 2.39 bits per heavy atom. The molecule has 18 heavy (non-hydrogen) atoms. The molecule has 0 saturated carbocycles. The molecule has 2 heterocycles. The standard InChI is InChI=1S/C10H17N5O3/c1-13-10(9(5-12-13)15(17)18)14-3-2-7(11)4-8(16)6-14/h5,7-8,16H,2-4,6,11H2,1H3/t7-,8+/m1/s1. The van der Waals surface area contributed by atoms with Crippen LogP contribution in [0.2, 0.25) is 0 Å². The van der Waals surface area contributed by atoms with Crippen molar-refractivity contribution in [3.05, 3.63) is 16.3 Å². The van der Waals surface area contributed by atoms with Crippen LogP contribution in [0.1, 0.15) is 12.8 Å². The number of hydrogen-bond donors (Lipinski definition) is 2. The van der Waals surface area contributed by atoms with E-state index < -0.39 is 11.0 Å². The van der Waals surface area contributed by atoms with Gasteiger partial charge in [0.05, 0.1) is 11.0 Å². The van der Waals surface area contributed by atoms with Gasteiger partial charge in [0.2, 0.25) is 5.82 Å². The third kappa shape index (κ3) is 2.44. The van der Waals surface area contributed by atoms with Gasteiger partial charge >= 0.3 is 5.69 Å². The number of aliphatic hydroxyl groups excluding tert-OH is 1. The lowest BCUT2D eigenvalue weighted by Gasteiger charge is -2.23. The summed E-state index contributed by atoms with van der Waals surface area (Å²) in [6.07, 6.45) is 1.87. The van der Waals surface area contributed by atoms with Crippen LogP contribution in [0.25, 0.3) is 0 Å². The summed E-state index contributed by atoms with van der Waals surface area (Å²) >= 11 is 0. The van der Waals surface area contributed by atoms with Crippen molar-refractivity contribution in [2.75, 3.05) is 18.0 Å². The Morgan fingerprint density at radius 3 is 3.06 bits per heavy atom. The summed E-state index contributed by atoms with van der Waals surface area (Å²) in [5.41, 5.74) is 5.79. The fourth-order valence-corrected chi connectivity index (χ4v) is 2.32. The molecule has 1 saturated heterocycles. The van der Waals surface area contributed by atoms with E-state index >= 15 is 0 Å². The molecule has 0 spiro atoms. The smallest absolute Gasteiger partial charge is 0.331 e. The highest BCUT2D eigenvalue weighted by Crippen LogP contribution is 2.28. The normalized spacial score (nSPS) is 24.9. The van der Waals surface area contributed by atoms with Crippen molar-refractivity contribution in [3.8, 4) is 0 Å². The predicted molar refractivity (Wildman–Crippen MR) is 65.3 cm³/mol. The molecular weight excluding hydrogens is 238 g/mol. The number of aromatic nitrogens is 2. The highest BCUT2D eigenvalue weighted by Gasteiger charge is 2.28. The number of nitrogens with zero attached hydrogens (tertiary/aromatic N) is 4. The maximum Gasteiger partial charge on any atom is 0.331 e. The minimum Gasteiger partial charge on any atom is -0.391 e. The Balaban J connectivity index is 2.30. The van der Waals surface area contributed by atoms with Gasteiger partial charge < -0.3 is 15.7 Å². The van der Waals surface area contributed by atoms with Crippen molar-refractivity contribution >= 4 is 11.5 Å². The summed E-state index contributed by atoms with van der Waals surface area (Å²) in [5.74, 6) is 0.424. The quantitative estimate of drug-likeness (QED) is 0.550. The first-order chi connectivity index (χ1) is 8.49. The first-order valence-corrected chi connectivity index (χ1v) is 5.84. The molecule has 1 aliphatic heterocycles. The SMILES string of the molecule is Cn1ncc([N+](=O)[O-])c1N1CC[C@@H](N)C[C@H](O)C1. The second kappa shape index (κ2) is 4.91. The monoisotopic (exact) mass is 255 g/mol. The van der Waals surface area contributed by atoms with Crippen molar-refractivity contribution in [2.24, 2.45) is 12.8 Å². The van der Waals surface area contributed by atoms with Crippen LogP contribution >= 0.6 is 0 Å². The Morgan fingerprint density at radius 1 is 1.67 bits per heavy atom. The van der Waals surface area contributed by atoms with E-state index in [4.69, 9.17) is 5.73 Å². The number of β-amino-alcohol motifs (C(OH)–C–C–N with tert-alkyl or cyclic N) is 1. The van der Waals surface area contributed by atoms with Crippen LogP contribution in [0, 0.1) is 10.1 Å². The van der Waals surface area contributed by atoms with E-state index in [1.807, 2.05) is 0 Å². The number of aliphatic hydroxyl groups is 1. The second-order valence-corrected chi connectivity index (χ2v) is 4.62. The van der Waals surface area contributed by atoms with Gasteiger partial charge in [-0.2, -0.15) is 5.10 Å². The Bertz CT molecular complexity index is 447. The molecule has 1 aromatic rings. The van der Waals surface area contributed by atoms with Gasteiger partial charge in [0, 0.05) is 26.2 Å². The number of hydrogen-bond acceptors (Lipinski definition) is 6. The van der Waals surface area contributed by atoms with Crippen molar-refractivity contribution in [1.82, 2.24) is 9.78 Å². The fraction of sp³-hybridized carbons (Fsp3) is 0.700. The molecule has 8 heteroatoms. The predicted octanol–water partition coefficient (Wildman–Crippen LogP) is -0.383. The molecule has 3 N–H and O–H groups in total. The van der Waals surface area contributed by atoms with E-state index in [0.717, 1.165) is 0 Å². The van der Waals surface area contributed by atoms with E-state index in [-0.39, 0.29) is 11.7 Å². The molecule has 0 radical (unpaired) electrons. The largest absolute Gasteiger partial charge is 0.391 e. The first kappa shape index (κ1) is 12.8. The van der Waals surface area contributed by atoms with Crippen LogP contribution in [-0.2, 0) is 7.05 Å². The molecule has 100 valence electrons. The number of nitro groups is 1. The van der Waals surface area contributed by atoms with Crippen molar-refractivity contribution in [3.63, 3.8) is 0 Å². The van der Waals surface area contributed by atoms with E-state index in [9.17, 15) is 15.2 Å². The van der Waals surface area contributed by atoms with Crippen molar-refractivity contribution < 1.29 is 10.0 Å². The zero-order valence-corrected chi connectivity index (χ0v) is 10.2. The van der Waals surface area contributed by atoms with Crippen LogP contribution in [0.15, 0.2) is 6.20 Å². The lowest BCUT2D eigenvalue weighted by Crippen LogP contribution is -2.32. The van der Waals surface area contributed by atoms with E-state index in [2.05, 4.69) is 5.10 Å². The van der Waals surface area contributed by atoms with E-state index in [1.54, 1.807) is 11.9 Å². The molecular formula is C10H17N5O3. The van der Waals surface area contributed by atoms with Crippen molar-refractivity contribution in [1.29, 1.82) is 0 Å². The van der Waals surface area contributed by atoms with Gasteiger partial charge in [-0.1, -0.05) is 0 Å². The van der Waals surface area contributed by atoms with Gasteiger partial charge in [0.15, 0.2) is 0 Å². The summed E-state index contributed by atoms with van der Waals surface area (Å²) in [6.45, 7) is 0.923. The van der Waals surface area contributed by atoms with Gasteiger partial charge in [-0.05, 0) is 12.8 Å². The molecule has 1 aliphatic rings. The molecule has 2 rings (SSSR count). The van der Waals surface area contributed by atoms with Crippen LogP contribution in [-0.4, -0.2) is 45.0 Å². The lowest BCUT2D eigenvalue weighted by molar-refractivity contribution is -0.384. The minimum absolute atomic E-state index is 0.0415. The van der Waals surface area contributed by atoms with Crippen LogP contribution in [0.3, 0.4) is 0 Å². The van der Waals surface area contributed by atoms with Gasteiger partial charge in [0.25, 0.3) is 0 Å². The van der Waals surface area contributed by atoms with Gasteiger partial charge in [-0.15, -0.1) is 0 Å². The van der Waals surface area contributed by atoms with E-state index in [1.165, 1.54) is 10.9 Å². The molecule has 0 aliphatic carbocycles. The highest BCUT2D eigenvalue weighted by molar-refractivity contribution is 5.57. The summed E-state index contributed by atoms with van der Waals surface area (Å²) in [4.78, 5) is 12.3. The maximum absolute atomic E-state index is 10.9. The molecule has 2 atom stereocenters. The minimum atomic E-state index is -0.572. The molecule has 0 unspecified atom stereocenters.